The van der Waals surface area contributed by atoms with E-state index in [2.05, 4.69) is 21.2 Å². The molecule has 1 atom stereocenters. The Hall–Kier alpha value is -2.10. The largest absolute Gasteiger partial charge is 0.483 e. The van der Waals surface area contributed by atoms with Crippen molar-refractivity contribution in [1.29, 1.82) is 0 Å². The molecule has 31 heavy (non-hydrogen) atoms. The lowest BCUT2D eigenvalue weighted by Gasteiger charge is -2.14. The number of anilines is 1. The molecule has 0 spiro atoms. The number of thiophene rings is 1. The minimum Gasteiger partial charge on any atom is -0.483 e. The van der Waals surface area contributed by atoms with Gasteiger partial charge in [0.25, 0.3) is 5.91 Å². The summed E-state index contributed by atoms with van der Waals surface area (Å²) in [7, 11) is 2.56. The summed E-state index contributed by atoms with van der Waals surface area (Å²) >= 11 is 10.9. The second-order valence-electron chi connectivity index (χ2n) is 7.03. The van der Waals surface area contributed by atoms with Crippen LogP contribution in [0.2, 0.25) is 5.02 Å². The monoisotopic (exact) mass is 529 g/mol. The van der Waals surface area contributed by atoms with Gasteiger partial charge in [0.05, 0.1) is 30.2 Å². The van der Waals surface area contributed by atoms with Crippen LogP contribution in [0.5, 0.6) is 5.75 Å². The molecule has 1 aliphatic carbocycles. The van der Waals surface area contributed by atoms with Crippen molar-refractivity contribution in [3.05, 3.63) is 42.7 Å². The van der Waals surface area contributed by atoms with Crippen molar-refractivity contribution in [3.8, 4) is 5.75 Å². The summed E-state index contributed by atoms with van der Waals surface area (Å²) in [5.74, 6) is -1.54. The molecule has 1 amide bonds. The van der Waals surface area contributed by atoms with E-state index in [0.717, 1.165) is 16.0 Å². The molecule has 0 saturated carbocycles. The fourth-order valence-corrected chi connectivity index (χ4v) is 5.52. The Morgan fingerprint density at radius 2 is 1.97 bits per heavy atom. The van der Waals surface area contributed by atoms with Crippen LogP contribution in [0, 0.1) is 13.8 Å². The number of fused-ring (bicyclic) bond motifs is 1. The van der Waals surface area contributed by atoms with Crippen LogP contribution in [0.25, 0.3) is 0 Å². The molecule has 1 heterocycles. The molecule has 166 valence electrons. The molecular formula is C21H21BrClNO6S. The Kier molecular flexibility index (Phi) is 7.28. The van der Waals surface area contributed by atoms with Crippen LogP contribution in [0.15, 0.2) is 10.5 Å². The highest BCUT2D eigenvalue weighted by Crippen LogP contribution is 2.46. The van der Waals surface area contributed by atoms with E-state index in [4.69, 9.17) is 25.8 Å². The van der Waals surface area contributed by atoms with Gasteiger partial charge in [-0.15, -0.1) is 11.3 Å². The number of halogens is 2. The highest BCUT2D eigenvalue weighted by atomic mass is 79.9. The van der Waals surface area contributed by atoms with Gasteiger partial charge < -0.3 is 19.5 Å². The number of carbonyl (C=O) groups is 3. The molecule has 7 nitrogen and oxygen atoms in total. The average molecular weight is 531 g/mol. The molecule has 1 aromatic carbocycles. The molecule has 0 radical (unpaired) electrons. The topological polar surface area (TPSA) is 90.9 Å². The molecule has 1 N–H and O–H groups in total. The second-order valence-corrected chi connectivity index (χ2v) is 9.31. The van der Waals surface area contributed by atoms with E-state index in [1.165, 1.54) is 25.6 Å². The zero-order valence-corrected chi connectivity index (χ0v) is 20.5. The predicted molar refractivity (Wildman–Crippen MR) is 121 cm³/mol. The molecule has 0 fully saturated rings. The zero-order valence-electron chi connectivity index (χ0n) is 17.4. The normalized spacial score (nSPS) is 14.7. The number of ether oxygens (including phenoxy) is 3. The van der Waals surface area contributed by atoms with Gasteiger partial charge in [-0.3, -0.25) is 9.59 Å². The SMILES string of the molecule is COC(=O)c1c(NC(=O)COc2cc(C)c(Cl)c(C)c2Br)sc2c1C(C(=O)OC)CC2. The Bertz CT molecular complexity index is 1070. The van der Waals surface area contributed by atoms with E-state index in [0.29, 0.717) is 38.7 Å². The van der Waals surface area contributed by atoms with E-state index in [1.54, 1.807) is 6.07 Å². The number of esters is 2. The molecule has 1 aliphatic rings. The lowest BCUT2D eigenvalue weighted by atomic mass is 9.99. The van der Waals surface area contributed by atoms with Gasteiger partial charge in [-0.05, 0) is 65.4 Å². The van der Waals surface area contributed by atoms with E-state index < -0.39 is 23.8 Å². The first-order chi connectivity index (χ1) is 14.7. The first-order valence-electron chi connectivity index (χ1n) is 9.39. The quantitative estimate of drug-likeness (QED) is 0.540. The van der Waals surface area contributed by atoms with E-state index in [1.807, 2.05) is 13.8 Å². The third kappa shape index (κ3) is 4.58. The Balaban J connectivity index is 1.81. The van der Waals surface area contributed by atoms with E-state index in [9.17, 15) is 14.4 Å². The van der Waals surface area contributed by atoms with Gasteiger partial charge in [0.15, 0.2) is 6.61 Å². The first kappa shape index (κ1) is 23.6. The highest BCUT2D eigenvalue weighted by molar-refractivity contribution is 9.10. The zero-order chi connectivity index (χ0) is 22.9. The molecule has 0 saturated heterocycles. The third-order valence-electron chi connectivity index (χ3n) is 5.09. The van der Waals surface area contributed by atoms with Crippen LogP contribution in [0.3, 0.4) is 0 Å². The van der Waals surface area contributed by atoms with Crippen molar-refractivity contribution < 1.29 is 28.6 Å². The standard InChI is InChI=1S/C21H21BrClNO6S/c1-9-7-12(17(22)10(2)18(9)23)30-8-14(25)24-19-16(21(27)29-4)15-11(20(26)28-3)5-6-13(15)31-19/h7,11H,5-6,8H2,1-4H3,(H,24,25). The average Bonchev–Trinajstić information content (AvgIpc) is 3.31. The van der Waals surface area contributed by atoms with Gasteiger partial charge in [0.2, 0.25) is 0 Å². The Morgan fingerprint density at radius 3 is 2.61 bits per heavy atom. The van der Waals surface area contributed by atoms with E-state index in [-0.39, 0.29) is 12.2 Å². The molecule has 2 aromatic rings. The van der Waals surface area contributed by atoms with Crippen molar-refractivity contribution in [3.63, 3.8) is 0 Å². The van der Waals surface area contributed by atoms with Crippen LogP contribution in [0.1, 0.15) is 44.3 Å². The molecule has 1 unspecified atom stereocenters. The summed E-state index contributed by atoms with van der Waals surface area (Å²) in [5.41, 5.74) is 2.41. The van der Waals surface area contributed by atoms with Gasteiger partial charge in [0, 0.05) is 9.90 Å². The maximum absolute atomic E-state index is 12.6. The van der Waals surface area contributed by atoms with Gasteiger partial charge in [-0.2, -0.15) is 0 Å². The lowest BCUT2D eigenvalue weighted by Crippen LogP contribution is -2.22. The smallest absolute Gasteiger partial charge is 0.341 e. The molecule has 1 aromatic heterocycles. The Morgan fingerprint density at radius 1 is 1.26 bits per heavy atom. The summed E-state index contributed by atoms with van der Waals surface area (Å²) < 4.78 is 16.1. The van der Waals surface area contributed by atoms with E-state index >= 15 is 0 Å². The second kappa shape index (κ2) is 9.58. The lowest BCUT2D eigenvalue weighted by molar-refractivity contribution is -0.142. The van der Waals surface area contributed by atoms with Crippen LogP contribution in [0.4, 0.5) is 5.00 Å². The van der Waals surface area contributed by atoms with Crippen molar-refractivity contribution in [2.24, 2.45) is 0 Å². The third-order valence-corrected chi connectivity index (χ3v) is 7.83. The Labute approximate surface area is 197 Å². The van der Waals surface area contributed by atoms with Crippen LogP contribution in [-0.2, 0) is 25.5 Å². The summed E-state index contributed by atoms with van der Waals surface area (Å²) in [4.78, 5) is 38.0. The number of nitrogens with one attached hydrogen (secondary N) is 1. The van der Waals surface area contributed by atoms with Crippen LogP contribution in [-0.4, -0.2) is 38.7 Å². The summed E-state index contributed by atoms with van der Waals surface area (Å²) in [6.07, 6.45) is 1.17. The molecular weight excluding hydrogens is 510 g/mol. The predicted octanol–water partition coefficient (Wildman–Crippen LogP) is 4.79. The molecule has 0 bridgehead atoms. The molecule has 3 rings (SSSR count). The van der Waals surface area contributed by atoms with Gasteiger partial charge >= 0.3 is 11.9 Å². The van der Waals surface area contributed by atoms with Crippen LogP contribution < -0.4 is 10.1 Å². The molecule has 10 heteroatoms. The van der Waals surface area contributed by atoms with Gasteiger partial charge in [-0.25, -0.2) is 4.79 Å². The number of amides is 1. The fraction of sp³-hybridized carbons (Fsp3) is 0.381. The molecule has 0 aliphatic heterocycles. The summed E-state index contributed by atoms with van der Waals surface area (Å²) in [6, 6.07) is 1.74. The van der Waals surface area contributed by atoms with Crippen molar-refractivity contribution in [2.45, 2.75) is 32.6 Å². The summed E-state index contributed by atoms with van der Waals surface area (Å²) in [6.45, 7) is 3.42. The number of methoxy groups -OCH3 is 2. The fourth-order valence-electron chi connectivity index (χ4n) is 3.55. The van der Waals surface area contributed by atoms with Crippen molar-refractivity contribution in [1.82, 2.24) is 0 Å². The van der Waals surface area contributed by atoms with Gasteiger partial charge in [-0.1, -0.05) is 11.6 Å². The number of carbonyl (C=O) groups excluding carboxylic acids is 3. The highest BCUT2D eigenvalue weighted by Gasteiger charge is 2.38. The first-order valence-corrected chi connectivity index (χ1v) is 11.4. The number of rotatable bonds is 6. The van der Waals surface area contributed by atoms with Crippen molar-refractivity contribution >= 4 is 61.7 Å². The summed E-state index contributed by atoms with van der Waals surface area (Å²) in [5, 5.41) is 3.68. The number of hydrogen-bond acceptors (Lipinski definition) is 7. The minimum absolute atomic E-state index is 0.197. The maximum Gasteiger partial charge on any atom is 0.341 e. The van der Waals surface area contributed by atoms with Crippen molar-refractivity contribution in [2.75, 3.05) is 26.1 Å². The number of aryl methyl sites for hydroxylation is 2. The maximum atomic E-state index is 12.6. The van der Waals surface area contributed by atoms with Crippen LogP contribution >= 0.6 is 38.9 Å². The van der Waals surface area contributed by atoms with Gasteiger partial charge in [0.1, 0.15) is 10.8 Å². The minimum atomic E-state index is -0.615. The number of hydrogen-bond donors (Lipinski definition) is 1. The number of benzene rings is 1.